The molecule has 0 spiro atoms. The third kappa shape index (κ3) is 1.35. The second-order valence-corrected chi connectivity index (χ2v) is 3.81. The van der Waals surface area contributed by atoms with E-state index in [4.69, 9.17) is 16.6 Å². The van der Waals surface area contributed by atoms with Gasteiger partial charge in [-0.1, -0.05) is 24.4 Å². The number of para-hydroxylation sites is 1. The lowest BCUT2D eigenvalue weighted by atomic mass is 10.2. The SMILES string of the molecule is S=c1c(-n2cccn2)coc2ccccc12. The number of benzene rings is 1. The first kappa shape index (κ1) is 9.30. The highest BCUT2D eigenvalue weighted by atomic mass is 32.1. The fraction of sp³-hybridized carbons (Fsp3) is 0. The molecule has 3 nitrogen and oxygen atoms in total. The van der Waals surface area contributed by atoms with Crippen molar-refractivity contribution >= 4 is 23.2 Å². The molecule has 0 radical (unpaired) electrons. The number of hydrogen-bond donors (Lipinski definition) is 0. The molecule has 0 N–H and O–H groups in total. The Morgan fingerprint density at radius 1 is 1.19 bits per heavy atom. The predicted molar refractivity (Wildman–Crippen MR) is 64.2 cm³/mol. The minimum absolute atomic E-state index is 0.755. The quantitative estimate of drug-likeness (QED) is 0.598. The van der Waals surface area contributed by atoms with Gasteiger partial charge in [0, 0.05) is 17.8 Å². The predicted octanol–water partition coefficient (Wildman–Crippen LogP) is 3.35. The molecular formula is C12H8N2OS. The van der Waals surface area contributed by atoms with E-state index < -0.39 is 0 Å². The van der Waals surface area contributed by atoms with Crippen LogP contribution in [0.5, 0.6) is 0 Å². The number of aromatic nitrogens is 2. The van der Waals surface area contributed by atoms with Crippen molar-refractivity contribution in [2.24, 2.45) is 0 Å². The van der Waals surface area contributed by atoms with E-state index in [2.05, 4.69) is 5.10 Å². The molecule has 0 saturated heterocycles. The summed E-state index contributed by atoms with van der Waals surface area (Å²) in [7, 11) is 0. The van der Waals surface area contributed by atoms with Crippen LogP contribution < -0.4 is 0 Å². The van der Waals surface area contributed by atoms with E-state index in [0.29, 0.717) is 0 Å². The van der Waals surface area contributed by atoms with Crippen molar-refractivity contribution in [1.82, 2.24) is 9.78 Å². The first-order valence-electron chi connectivity index (χ1n) is 4.87. The zero-order valence-corrected chi connectivity index (χ0v) is 9.15. The summed E-state index contributed by atoms with van der Waals surface area (Å²) in [5.74, 6) is 0. The summed E-state index contributed by atoms with van der Waals surface area (Å²) in [5, 5.41) is 5.08. The van der Waals surface area contributed by atoms with Crippen molar-refractivity contribution in [1.29, 1.82) is 0 Å². The first-order valence-corrected chi connectivity index (χ1v) is 5.27. The average molecular weight is 228 g/mol. The van der Waals surface area contributed by atoms with Crippen LogP contribution in [0, 0.1) is 4.51 Å². The van der Waals surface area contributed by atoms with E-state index >= 15 is 0 Å². The van der Waals surface area contributed by atoms with E-state index in [9.17, 15) is 0 Å². The molecule has 3 aromatic rings. The highest BCUT2D eigenvalue weighted by molar-refractivity contribution is 7.71. The molecule has 0 aliphatic carbocycles. The molecule has 4 heteroatoms. The summed E-state index contributed by atoms with van der Waals surface area (Å²) in [6, 6.07) is 9.57. The molecule has 0 aliphatic heterocycles. The summed E-state index contributed by atoms with van der Waals surface area (Å²) in [6.07, 6.45) is 5.19. The zero-order valence-electron chi connectivity index (χ0n) is 8.33. The normalized spacial score (nSPS) is 10.8. The lowest BCUT2D eigenvalue weighted by molar-refractivity contribution is 0.594. The Morgan fingerprint density at radius 3 is 2.88 bits per heavy atom. The van der Waals surface area contributed by atoms with Crippen molar-refractivity contribution in [3.8, 4) is 5.69 Å². The largest absolute Gasteiger partial charge is 0.462 e. The van der Waals surface area contributed by atoms with Gasteiger partial charge in [0.05, 0.1) is 4.51 Å². The molecule has 0 aliphatic rings. The Labute approximate surface area is 96.9 Å². The van der Waals surface area contributed by atoms with Gasteiger partial charge in [-0.15, -0.1) is 0 Å². The second-order valence-electron chi connectivity index (χ2n) is 3.40. The maximum Gasteiger partial charge on any atom is 0.135 e. The molecule has 2 aromatic heterocycles. The maximum atomic E-state index is 5.52. The second kappa shape index (κ2) is 3.57. The van der Waals surface area contributed by atoms with Crippen LogP contribution in [0.15, 0.2) is 53.4 Å². The van der Waals surface area contributed by atoms with Crippen LogP contribution in [-0.4, -0.2) is 9.78 Å². The number of hydrogen-bond acceptors (Lipinski definition) is 3. The van der Waals surface area contributed by atoms with Crippen LogP contribution >= 0.6 is 12.2 Å². The first-order chi connectivity index (χ1) is 7.86. The molecular weight excluding hydrogens is 220 g/mol. The van der Waals surface area contributed by atoms with Crippen LogP contribution in [0.3, 0.4) is 0 Å². The van der Waals surface area contributed by atoms with E-state index in [1.807, 2.05) is 36.5 Å². The molecule has 0 amide bonds. The van der Waals surface area contributed by atoms with Crippen LogP contribution in [0.4, 0.5) is 0 Å². The number of nitrogens with zero attached hydrogens (tertiary/aromatic N) is 2. The van der Waals surface area contributed by atoms with Crippen molar-refractivity contribution in [3.63, 3.8) is 0 Å². The summed E-state index contributed by atoms with van der Waals surface area (Å²) in [5.41, 5.74) is 1.59. The summed E-state index contributed by atoms with van der Waals surface area (Å²) >= 11 is 5.42. The monoisotopic (exact) mass is 228 g/mol. The minimum Gasteiger partial charge on any atom is -0.462 e. The third-order valence-electron chi connectivity index (χ3n) is 2.41. The van der Waals surface area contributed by atoms with E-state index in [0.717, 1.165) is 21.2 Å². The van der Waals surface area contributed by atoms with Gasteiger partial charge in [0.1, 0.15) is 17.5 Å². The molecule has 2 heterocycles. The van der Waals surface area contributed by atoms with Gasteiger partial charge in [0.15, 0.2) is 0 Å². The Bertz CT molecular complexity index is 686. The minimum atomic E-state index is 0.755. The molecule has 0 bridgehead atoms. The Hall–Kier alpha value is -1.94. The van der Waals surface area contributed by atoms with Crippen LogP contribution in [0.25, 0.3) is 16.7 Å². The lowest BCUT2D eigenvalue weighted by Gasteiger charge is -2.03. The maximum absolute atomic E-state index is 5.52. The van der Waals surface area contributed by atoms with Crippen LogP contribution in [0.2, 0.25) is 0 Å². The zero-order chi connectivity index (χ0) is 11.0. The summed E-state index contributed by atoms with van der Waals surface area (Å²) < 4.78 is 7.98. The molecule has 16 heavy (non-hydrogen) atoms. The standard InChI is InChI=1S/C12H8N2OS/c16-12-9-4-1-2-5-11(9)15-8-10(12)14-7-3-6-13-14/h1-8H. The fourth-order valence-electron chi connectivity index (χ4n) is 1.64. The molecule has 78 valence electrons. The van der Waals surface area contributed by atoms with Crippen LogP contribution in [0.1, 0.15) is 0 Å². The van der Waals surface area contributed by atoms with Gasteiger partial charge in [-0.25, -0.2) is 4.68 Å². The van der Waals surface area contributed by atoms with Crippen molar-refractivity contribution < 1.29 is 4.42 Å². The summed E-state index contributed by atoms with van der Waals surface area (Å²) in [6.45, 7) is 0. The Morgan fingerprint density at radius 2 is 2.06 bits per heavy atom. The van der Waals surface area contributed by atoms with Gasteiger partial charge in [-0.2, -0.15) is 5.10 Å². The van der Waals surface area contributed by atoms with Crippen LogP contribution in [-0.2, 0) is 0 Å². The van der Waals surface area contributed by atoms with Gasteiger partial charge in [0.25, 0.3) is 0 Å². The highest BCUT2D eigenvalue weighted by Gasteiger charge is 2.04. The van der Waals surface area contributed by atoms with E-state index in [-0.39, 0.29) is 0 Å². The molecule has 0 unspecified atom stereocenters. The molecule has 0 saturated carbocycles. The highest BCUT2D eigenvalue weighted by Crippen LogP contribution is 2.20. The number of fused-ring (bicyclic) bond motifs is 1. The van der Waals surface area contributed by atoms with Gasteiger partial charge < -0.3 is 4.42 Å². The van der Waals surface area contributed by atoms with Gasteiger partial charge >= 0.3 is 0 Å². The topological polar surface area (TPSA) is 31.0 Å². The molecule has 3 rings (SSSR count). The van der Waals surface area contributed by atoms with E-state index in [1.54, 1.807) is 17.1 Å². The van der Waals surface area contributed by atoms with Gasteiger partial charge in [-0.05, 0) is 18.2 Å². The summed E-state index contributed by atoms with van der Waals surface area (Å²) in [4.78, 5) is 0. The lowest BCUT2D eigenvalue weighted by Crippen LogP contribution is -1.95. The van der Waals surface area contributed by atoms with Gasteiger partial charge in [0.2, 0.25) is 0 Å². The van der Waals surface area contributed by atoms with Gasteiger partial charge in [-0.3, -0.25) is 0 Å². The Kier molecular flexibility index (Phi) is 2.08. The van der Waals surface area contributed by atoms with Crippen molar-refractivity contribution in [2.75, 3.05) is 0 Å². The molecule has 0 atom stereocenters. The smallest absolute Gasteiger partial charge is 0.135 e. The third-order valence-corrected chi connectivity index (χ3v) is 2.84. The van der Waals surface area contributed by atoms with Crippen molar-refractivity contribution in [2.45, 2.75) is 0 Å². The fourth-order valence-corrected chi connectivity index (χ4v) is 1.95. The molecule has 1 aromatic carbocycles. The Balaban J connectivity index is 2.37. The number of rotatable bonds is 1. The average Bonchev–Trinajstić information content (AvgIpc) is 2.83. The van der Waals surface area contributed by atoms with E-state index in [1.165, 1.54) is 0 Å². The van der Waals surface area contributed by atoms with Crippen molar-refractivity contribution in [3.05, 3.63) is 53.5 Å². The molecule has 0 fully saturated rings.